The lowest BCUT2D eigenvalue weighted by molar-refractivity contribution is -0.133. The largest absolute Gasteiger partial charge is 0.373 e. The summed E-state index contributed by atoms with van der Waals surface area (Å²) in [6.07, 6.45) is 9.51. The Morgan fingerprint density at radius 3 is 2.34 bits per heavy atom. The minimum atomic E-state index is -0.550. The van der Waals surface area contributed by atoms with E-state index in [1.54, 1.807) is 0 Å². The number of aromatic nitrogens is 2. The minimum absolute atomic E-state index is 0.0746. The van der Waals surface area contributed by atoms with Gasteiger partial charge in [0.1, 0.15) is 5.54 Å². The molecule has 0 radical (unpaired) electrons. The molecule has 2 saturated heterocycles. The molecule has 4 rings (SSSR count). The van der Waals surface area contributed by atoms with Crippen LogP contribution in [0.4, 0.5) is 0 Å². The molecule has 9 nitrogen and oxygen atoms in total. The number of hydrogen-bond donors (Lipinski definition) is 1. The third kappa shape index (κ3) is 7.03. The van der Waals surface area contributed by atoms with Crippen LogP contribution in [0.25, 0.3) is 0 Å². The van der Waals surface area contributed by atoms with Gasteiger partial charge in [-0.25, -0.2) is 0 Å². The van der Waals surface area contributed by atoms with Crippen molar-refractivity contribution < 1.29 is 18.8 Å². The summed E-state index contributed by atoms with van der Waals surface area (Å²) >= 11 is 0. The van der Waals surface area contributed by atoms with Gasteiger partial charge < -0.3 is 19.5 Å². The van der Waals surface area contributed by atoms with Crippen molar-refractivity contribution in [3.8, 4) is 0 Å². The van der Waals surface area contributed by atoms with Gasteiger partial charge in [-0.1, -0.05) is 30.8 Å². The van der Waals surface area contributed by atoms with Crippen molar-refractivity contribution in [2.24, 2.45) is 5.92 Å². The number of likely N-dealkylation sites (tertiary alicyclic amines) is 1. The average Bonchev–Trinajstić information content (AvgIpc) is 3.17. The van der Waals surface area contributed by atoms with E-state index in [1.807, 2.05) is 4.90 Å². The lowest BCUT2D eigenvalue weighted by Crippen LogP contribution is -2.48. The summed E-state index contributed by atoms with van der Waals surface area (Å²) in [5.74, 6) is 1.76. The fraction of sp³-hybridized carbons (Fsp3) is 0.846. The molecule has 1 saturated carbocycles. The Balaban J connectivity index is 1.24. The van der Waals surface area contributed by atoms with Crippen LogP contribution in [0.5, 0.6) is 0 Å². The Morgan fingerprint density at radius 2 is 1.71 bits per heavy atom. The van der Waals surface area contributed by atoms with Crippen LogP contribution in [0.1, 0.15) is 90.3 Å². The molecule has 9 heteroatoms. The van der Waals surface area contributed by atoms with E-state index in [9.17, 15) is 9.59 Å². The molecule has 2 unspecified atom stereocenters. The SMILES string of the molecule is CC(=O)NC1(c2noc(CCC(=O)N3CCC(CN4CC(C)OC(C)C4)CC3)n2)CCCCCC1. The molecule has 0 aromatic carbocycles. The van der Waals surface area contributed by atoms with E-state index in [-0.39, 0.29) is 11.8 Å². The molecule has 1 aromatic heterocycles. The van der Waals surface area contributed by atoms with Gasteiger partial charge in [-0.05, 0) is 45.4 Å². The highest BCUT2D eigenvalue weighted by Crippen LogP contribution is 2.34. The number of carbonyl (C=O) groups is 2. The van der Waals surface area contributed by atoms with Crippen LogP contribution in [-0.2, 0) is 26.3 Å². The Morgan fingerprint density at radius 1 is 1.06 bits per heavy atom. The summed E-state index contributed by atoms with van der Waals surface area (Å²) < 4.78 is 11.4. The van der Waals surface area contributed by atoms with Gasteiger partial charge in [0.15, 0.2) is 5.82 Å². The molecule has 196 valence electrons. The summed E-state index contributed by atoms with van der Waals surface area (Å²) in [6, 6.07) is 0. The number of nitrogens with one attached hydrogen (secondary N) is 1. The van der Waals surface area contributed by atoms with Gasteiger partial charge in [0.2, 0.25) is 17.7 Å². The number of rotatable bonds is 7. The number of nitrogens with zero attached hydrogens (tertiary/aromatic N) is 4. The van der Waals surface area contributed by atoms with Crippen LogP contribution in [0.3, 0.4) is 0 Å². The molecule has 2 atom stereocenters. The van der Waals surface area contributed by atoms with Gasteiger partial charge in [-0.15, -0.1) is 0 Å². The molecule has 1 N–H and O–H groups in total. The molecule has 1 aromatic rings. The highest BCUT2D eigenvalue weighted by Gasteiger charge is 2.38. The van der Waals surface area contributed by atoms with E-state index >= 15 is 0 Å². The maximum Gasteiger partial charge on any atom is 0.227 e. The Hall–Kier alpha value is -2.00. The third-order valence-electron chi connectivity index (χ3n) is 7.80. The van der Waals surface area contributed by atoms with E-state index in [0.29, 0.717) is 42.7 Å². The van der Waals surface area contributed by atoms with Gasteiger partial charge in [0.25, 0.3) is 0 Å². The maximum atomic E-state index is 12.9. The second kappa shape index (κ2) is 11.8. The highest BCUT2D eigenvalue weighted by molar-refractivity contribution is 5.76. The number of piperidine rings is 1. The molecular formula is C26H43N5O4. The first-order valence-electron chi connectivity index (χ1n) is 13.6. The zero-order valence-corrected chi connectivity index (χ0v) is 21.8. The predicted octanol–water partition coefficient (Wildman–Crippen LogP) is 3.04. The number of amides is 2. The van der Waals surface area contributed by atoms with E-state index in [2.05, 4.69) is 34.2 Å². The lowest BCUT2D eigenvalue weighted by atomic mass is 9.89. The van der Waals surface area contributed by atoms with Crippen molar-refractivity contribution in [3.63, 3.8) is 0 Å². The van der Waals surface area contributed by atoms with Crippen LogP contribution in [0, 0.1) is 5.92 Å². The third-order valence-corrected chi connectivity index (χ3v) is 7.80. The van der Waals surface area contributed by atoms with Crippen LogP contribution in [0.2, 0.25) is 0 Å². The Labute approximate surface area is 209 Å². The first kappa shape index (κ1) is 26.1. The topological polar surface area (TPSA) is 101 Å². The van der Waals surface area contributed by atoms with Gasteiger partial charge >= 0.3 is 0 Å². The molecule has 3 aliphatic rings. The van der Waals surface area contributed by atoms with Crippen molar-refractivity contribution >= 4 is 11.8 Å². The molecule has 0 bridgehead atoms. The monoisotopic (exact) mass is 489 g/mol. The predicted molar refractivity (Wildman–Crippen MR) is 132 cm³/mol. The molecule has 35 heavy (non-hydrogen) atoms. The lowest BCUT2D eigenvalue weighted by Gasteiger charge is -2.39. The molecule has 0 spiro atoms. The Bertz CT molecular complexity index is 833. The summed E-state index contributed by atoms with van der Waals surface area (Å²) in [6.45, 7) is 10.6. The number of morpholine rings is 1. The van der Waals surface area contributed by atoms with E-state index in [4.69, 9.17) is 9.26 Å². The van der Waals surface area contributed by atoms with Gasteiger partial charge in [0, 0.05) is 52.5 Å². The standard InChI is InChI=1S/C26H43N5O4/c1-19-16-30(17-20(2)34-19)18-22-10-14-31(15-11-22)24(33)9-8-23-27-25(29-35-23)26(28-21(3)32)12-6-4-5-7-13-26/h19-20,22H,4-18H2,1-3H3,(H,28,32). The number of aryl methyl sites for hydroxylation is 1. The van der Waals surface area contributed by atoms with Crippen LogP contribution in [0.15, 0.2) is 4.52 Å². The number of ether oxygens (including phenoxy) is 1. The van der Waals surface area contributed by atoms with E-state index in [0.717, 1.165) is 84.1 Å². The normalized spacial score (nSPS) is 26.3. The average molecular weight is 490 g/mol. The Kier molecular flexibility index (Phi) is 8.81. The van der Waals surface area contributed by atoms with Crippen molar-refractivity contribution in [1.82, 2.24) is 25.3 Å². The van der Waals surface area contributed by atoms with Gasteiger partial charge in [-0.2, -0.15) is 4.98 Å². The van der Waals surface area contributed by atoms with E-state index in [1.165, 1.54) is 6.92 Å². The van der Waals surface area contributed by atoms with Crippen LogP contribution < -0.4 is 5.32 Å². The summed E-state index contributed by atoms with van der Waals surface area (Å²) in [7, 11) is 0. The van der Waals surface area contributed by atoms with Crippen molar-refractivity contribution in [3.05, 3.63) is 11.7 Å². The molecule has 3 heterocycles. The quantitative estimate of drug-likeness (QED) is 0.588. The zero-order valence-electron chi connectivity index (χ0n) is 21.8. The summed E-state index contributed by atoms with van der Waals surface area (Å²) in [5, 5.41) is 7.34. The first-order valence-corrected chi connectivity index (χ1v) is 13.6. The molecular weight excluding hydrogens is 446 g/mol. The second-order valence-corrected chi connectivity index (χ2v) is 11.0. The molecule has 3 fully saturated rings. The van der Waals surface area contributed by atoms with E-state index < -0.39 is 5.54 Å². The van der Waals surface area contributed by atoms with Crippen molar-refractivity contribution in [1.29, 1.82) is 0 Å². The summed E-state index contributed by atoms with van der Waals surface area (Å²) in [5.41, 5.74) is -0.550. The van der Waals surface area contributed by atoms with Crippen molar-refractivity contribution in [2.45, 2.75) is 103 Å². The fourth-order valence-electron chi connectivity index (χ4n) is 6.16. The fourth-order valence-corrected chi connectivity index (χ4v) is 6.16. The minimum Gasteiger partial charge on any atom is -0.373 e. The van der Waals surface area contributed by atoms with Crippen LogP contribution in [-0.4, -0.2) is 76.7 Å². The van der Waals surface area contributed by atoms with Crippen LogP contribution >= 0.6 is 0 Å². The zero-order chi connectivity index (χ0) is 24.8. The van der Waals surface area contributed by atoms with Crippen molar-refractivity contribution in [2.75, 3.05) is 32.7 Å². The smallest absolute Gasteiger partial charge is 0.227 e. The molecule has 2 aliphatic heterocycles. The van der Waals surface area contributed by atoms with Gasteiger partial charge in [0.05, 0.1) is 12.2 Å². The highest BCUT2D eigenvalue weighted by atomic mass is 16.5. The summed E-state index contributed by atoms with van der Waals surface area (Å²) in [4.78, 5) is 33.9. The second-order valence-electron chi connectivity index (χ2n) is 11.0. The number of carbonyl (C=O) groups excluding carboxylic acids is 2. The molecule has 2 amide bonds. The first-order chi connectivity index (χ1) is 16.8. The maximum absolute atomic E-state index is 12.9. The number of hydrogen-bond acceptors (Lipinski definition) is 7. The van der Waals surface area contributed by atoms with Gasteiger partial charge in [-0.3, -0.25) is 14.5 Å². The molecule has 1 aliphatic carbocycles.